The van der Waals surface area contributed by atoms with Crippen LogP contribution in [0, 0.1) is 0 Å². The lowest BCUT2D eigenvalue weighted by molar-refractivity contribution is -0.129. The second-order valence-corrected chi connectivity index (χ2v) is 4.58. The largest absolute Gasteiger partial charge is 0.508 e. The van der Waals surface area contributed by atoms with Gasteiger partial charge in [0.2, 0.25) is 11.8 Å². The van der Waals surface area contributed by atoms with Gasteiger partial charge in [0.15, 0.2) is 0 Å². The van der Waals surface area contributed by atoms with E-state index in [1.54, 1.807) is 31.3 Å². The highest BCUT2D eigenvalue weighted by Gasteiger charge is 2.61. The number of phenols is 1. The minimum atomic E-state index is -0.836. The van der Waals surface area contributed by atoms with E-state index in [1.807, 2.05) is 0 Å². The van der Waals surface area contributed by atoms with Crippen molar-refractivity contribution in [3.63, 3.8) is 0 Å². The Morgan fingerprint density at radius 1 is 1.33 bits per heavy atom. The number of nitrogens with one attached hydrogen (secondary N) is 2. The molecule has 0 radical (unpaired) electrons. The molecule has 0 bridgehead atoms. The molecule has 0 saturated heterocycles. The number of carbonyl (C=O) groups excluding carboxylic acids is 2. The maximum absolute atomic E-state index is 11.9. The predicted octanol–water partition coefficient (Wildman–Crippen LogP) is 0.500. The molecule has 5 heteroatoms. The Kier molecular flexibility index (Phi) is 2.98. The van der Waals surface area contributed by atoms with Crippen molar-refractivity contribution in [3.05, 3.63) is 29.8 Å². The lowest BCUT2D eigenvalue weighted by atomic mass is 10.1. The first kappa shape index (κ1) is 12.4. The number of carbonyl (C=O) groups is 2. The maximum Gasteiger partial charge on any atom is 0.246 e. The van der Waals surface area contributed by atoms with Crippen LogP contribution in [0.2, 0.25) is 0 Å². The summed E-state index contributed by atoms with van der Waals surface area (Å²) >= 11 is 0. The van der Waals surface area contributed by atoms with Crippen LogP contribution in [0.25, 0.3) is 0 Å². The topological polar surface area (TPSA) is 78.4 Å². The standard InChI is InChI=1S/C13H16N2O3/c1-8(16)15-13(12(18)14-2)7-11(13)9-3-5-10(17)6-4-9/h3-6,11,17H,7H2,1-2H3,(H,14,18)(H,15,16). The molecule has 1 aromatic carbocycles. The van der Waals surface area contributed by atoms with Gasteiger partial charge in [-0.15, -0.1) is 0 Å². The van der Waals surface area contributed by atoms with Gasteiger partial charge in [-0.2, -0.15) is 0 Å². The first-order chi connectivity index (χ1) is 8.49. The summed E-state index contributed by atoms with van der Waals surface area (Å²) in [6.45, 7) is 1.40. The Morgan fingerprint density at radius 2 is 1.94 bits per heavy atom. The minimum Gasteiger partial charge on any atom is -0.508 e. The van der Waals surface area contributed by atoms with E-state index < -0.39 is 5.54 Å². The van der Waals surface area contributed by atoms with Gasteiger partial charge in [0.25, 0.3) is 0 Å². The molecular formula is C13H16N2O3. The molecule has 3 N–H and O–H groups in total. The van der Waals surface area contributed by atoms with Crippen molar-refractivity contribution in [1.29, 1.82) is 0 Å². The molecule has 0 heterocycles. The van der Waals surface area contributed by atoms with E-state index in [2.05, 4.69) is 10.6 Å². The fourth-order valence-electron chi connectivity index (χ4n) is 2.36. The zero-order chi connectivity index (χ0) is 13.3. The number of phenolic OH excluding ortho intramolecular Hbond substituents is 1. The van der Waals surface area contributed by atoms with Crippen molar-refractivity contribution >= 4 is 11.8 Å². The van der Waals surface area contributed by atoms with Gasteiger partial charge in [0.1, 0.15) is 11.3 Å². The summed E-state index contributed by atoms with van der Waals surface area (Å²) in [5.74, 6) is -0.262. The molecule has 2 rings (SSSR count). The summed E-state index contributed by atoms with van der Waals surface area (Å²) in [7, 11) is 1.55. The number of aromatic hydroxyl groups is 1. The van der Waals surface area contributed by atoms with Gasteiger partial charge in [0, 0.05) is 19.9 Å². The molecule has 96 valence electrons. The van der Waals surface area contributed by atoms with Crippen LogP contribution in [0.3, 0.4) is 0 Å². The Morgan fingerprint density at radius 3 is 2.44 bits per heavy atom. The van der Waals surface area contributed by atoms with Crippen molar-refractivity contribution in [2.24, 2.45) is 0 Å². The third-order valence-corrected chi connectivity index (χ3v) is 3.29. The molecule has 5 nitrogen and oxygen atoms in total. The van der Waals surface area contributed by atoms with Gasteiger partial charge in [-0.3, -0.25) is 9.59 Å². The molecule has 0 spiro atoms. The normalized spacial score (nSPS) is 25.3. The molecule has 1 aromatic rings. The zero-order valence-corrected chi connectivity index (χ0v) is 10.4. The Bertz CT molecular complexity index is 484. The van der Waals surface area contributed by atoms with Crippen LogP contribution in [-0.2, 0) is 9.59 Å². The van der Waals surface area contributed by atoms with Crippen molar-refractivity contribution in [2.75, 3.05) is 7.05 Å². The number of rotatable bonds is 3. The van der Waals surface area contributed by atoms with Gasteiger partial charge in [-0.05, 0) is 24.1 Å². The molecule has 2 unspecified atom stereocenters. The summed E-state index contributed by atoms with van der Waals surface area (Å²) in [5, 5.41) is 14.6. The van der Waals surface area contributed by atoms with E-state index in [-0.39, 0.29) is 23.5 Å². The van der Waals surface area contributed by atoms with Gasteiger partial charge in [-0.25, -0.2) is 0 Å². The summed E-state index contributed by atoms with van der Waals surface area (Å²) < 4.78 is 0. The van der Waals surface area contributed by atoms with Crippen LogP contribution < -0.4 is 10.6 Å². The van der Waals surface area contributed by atoms with E-state index in [4.69, 9.17) is 0 Å². The molecule has 0 aromatic heterocycles. The lowest BCUT2D eigenvalue weighted by Gasteiger charge is -2.17. The fraction of sp³-hybridized carbons (Fsp3) is 0.385. The monoisotopic (exact) mass is 248 g/mol. The molecule has 1 aliphatic carbocycles. The van der Waals surface area contributed by atoms with E-state index in [0.717, 1.165) is 5.56 Å². The van der Waals surface area contributed by atoms with Crippen LogP contribution in [0.5, 0.6) is 5.75 Å². The van der Waals surface area contributed by atoms with Crippen molar-refractivity contribution in [2.45, 2.75) is 24.8 Å². The quantitative estimate of drug-likeness (QED) is 0.729. The molecule has 18 heavy (non-hydrogen) atoms. The highest BCUT2D eigenvalue weighted by Crippen LogP contribution is 2.51. The average Bonchev–Trinajstić information content (AvgIpc) is 3.03. The maximum atomic E-state index is 11.9. The van der Waals surface area contributed by atoms with Crippen LogP contribution >= 0.6 is 0 Å². The number of amides is 2. The number of hydrogen-bond donors (Lipinski definition) is 3. The third kappa shape index (κ3) is 2.03. The van der Waals surface area contributed by atoms with Crippen LogP contribution in [-0.4, -0.2) is 29.5 Å². The van der Waals surface area contributed by atoms with E-state index in [9.17, 15) is 14.7 Å². The second-order valence-electron chi connectivity index (χ2n) is 4.58. The molecule has 1 fully saturated rings. The molecule has 1 aliphatic rings. The summed E-state index contributed by atoms with van der Waals surface area (Å²) in [5.41, 5.74) is 0.0996. The molecule has 2 atom stereocenters. The lowest BCUT2D eigenvalue weighted by Crippen LogP contribution is -2.48. The number of hydrogen-bond acceptors (Lipinski definition) is 3. The first-order valence-electron chi connectivity index (χ1n) is 5.79. The van der Waals surface area contributed by atoms with Crippen molar-refractivity contribution in [1.82, 2.24) is 10.6 Å². The van der Waals surface area contributed by atoms with Crippen LogP contribution in [0.1, 0.15) is 24.8 Å². The molecule has 1 saturated carbocycles. The highest BCUT2D eigenvalue weighted by atomic mass is 16.3. The third-order valence-electron chi connectivity index (χ3n) is 3.29. The SMILES string of the molecule is CNC(=O)C1(NC(C)=O)CC1c1ccc(O)cc1. The van der Waals surface area contributed by atoms with E-state index in [1.165, 1.54) is 6.92 Å². The Balaban J connectivity index is 2.24. The van der Waals surface area contributed by atoms with Crippen molar-refractivity contribution in [3.8, 4) is 5.75 Å². The number of benzene rings is 1. The fourth-order valence-corrected chi connectivity index (χ4v) is 2.36. The highest BCUT2D eigenvalue weighted by molar-refractivity contribution is 5.95. The first-order valence-corrected chi connectivity index (χ1v) is 5.79. The second kappa shape index (κ2) is 4.33. The molecule has 0 aliphatic heterocycles. The van der Waals surface area contributed by atoms with Gasteiger partial charge >= 0.3 is 0 Å². The smallest absolute Gasteiger partial charge is 0.246 e. The van der Waals surface area contributed by atoms with Gasteiger partial charge in [-0.1, -0.05) is 12.1 Å². The zero-order valence-electron chi connectivity index (χ0n) is 10.4. The average molecular weight is 248 g/mol. The summed E-state index contributed by atoms with van der Waals surface area (Å²) in [6, 6.07) is 6.70. The van der Waals surface area contributed by atoms with Gasteiger partial charge in [0.05, 0.1) is 0 Å². The predicted molar refractivity (Wildman–Crippen MR) is 66.1 cm³/mol. The summed E-state index contributed by atoms with van der Waals surface area (Å²) in [4.78, 5) is 23.1. The van der Waals surface area contributed by atoms with E-state index in [0.29, 0.717) is 6.42 Å². The number of likely N-dealkylation sites (N-methyl/N-ethyl adjacent to an activating group) is 1. The minimum absolute atomic E-state index is 0.0399. The van der Waals surface area contributed by atoms with Gasteiger partial charge < -0.3 is 15.7 Å². The van der Waals surface area contributed by atoms with Crippen LogP contribution in [0.4, 0.5) is 0 Å². The van der Waals surface area contributed by atoms with Crippen molar-refractivity contribution < 1.29 is 14.7 Å². The Hall–Kier alpha value is -2.04. The molecular weight excluding hydrogens is 232 g/mol. The van der Waals surface area contributed by atoms with E-state index >= 15 is 0 Å². The summed E-state index contributed by atoms with van der Waals surface area (Å²) in [6.07, 6.45) is 0.580. The Labute approximate surface area is 105 Å². The van der Waals surface area contributed by atoms with Crippen LogP contribution in [0.15, 0.2) is 24.3 Å². The molecule has 2 amide bonds.